The lowest BCUT2D eigenvalue weighted by atomic mass is 9.96. The van der Waals surface area contributed by atoms with E-state index in [-0.39, 0.29) is 0 Å². The first-order valence-corrected chi connectivity index (χ1v) is 8.89. The van der Waals surface area contributed by atoms with Crippen molar-refractivity contribution >= 4 is 21.8 Å². The lowest BCUT2D eigenvalue weighted by Gasteiger charge is -2.26. The summed E-state index contributed by atoms with van der Waals surface area (Å²) >= 11 is 0. The zero-order valence-corrected chi connectivity index (χ0v) is 14.3. The van der Waals surface area contributed by atoms with E-state index >= 15 is 0 Å². The van der Waals surface area contributed by atoms with Crippen LogP contribution in [0.3, 0.4) is 0 Å². The van der Waals surface area contributed by atoms with E-state index in [0.29, 0.717) is 6.10 Å². The minimum Gasteiger partial charge on any atom is -0.490 e. The Morgan fingerprint density at radius 1 is 0.920 bits per heavy atom. The lowest BCUT2D eigenvalue weighted by Crippen LogP contribution is -2.24. The molecule has 25 heavy (non-hydrogen) atoms. The molecular formula is C22H20N2O. The van der Waals surface area contributed by atoms with Crippen LogP contribution in [0, 0.1) is 0 Å². The minimum absolute atomic E-state index is 0.423. The van der Waals surface area contributed by atoms with Crippen LogP contribution in [0.5, 0.6) is 5.75 Å². The molecule has 1 saturated carbocycles. The summed E-state index contributed by atoms with van der Waals surface area (Å²) in [5.41, 5.74) is 4.88. The standard InChI is InChI=1S/C22H20N2O/c1-24-21-11-12-23-14-20(21)19-10-7-16(13-22(19)24)15-5-8-18(9-6-15)25-17-3-2-4-17/h5-14,17H,2-4H2,1H3. The van der Waals surface area contributed by atoms with E-state index in [0.717, 1.165) is 5.75 Å². The number of hydrogen-bond donors (Lipinski definition) is 0. The van der Waals surface area contributed by atoms with E-state index in [1.165, 1.54) is 52.2 Å². The van der Waals surface area contributed by atoms with Gasteiger partial charge >= 0.3 is 0 Å². The average Bonchev–Trinajstić information content (AvgIpc) is 2.91. The second-order valence-corrected chi connectivity index (χ2v) is 6.88. The summed E-state index contributed by atoms with van der Waals surface area (Å²) < 4.78 is 8.20. The van der Waals surface area contributed by atoms with Crippen LogP contribution >= 0.6 is 0 Å². The van der Waals surface area contributed by atoms with Crippen molar-refractivity contribution in [2.45, 2.75) is 25.4 Å². The Morgan fingerprint density at radius 2 is 1.72 bits per heavy atom. The van der Waals surface area contributed by atoms with E-state index in [9.17, 15) is 0 Å². The fraction of sp³-hybridized carbons (Fsp3) is 0.227. The first-order chi connectivity index (χ1) is 12.3. The Balaban J connectivity index is 1.54. The van der Waals surface area contributed by atoms with Crippen LogP contribution in [-0.2, 0) is 7.05 Å². The third kappa shape index (κ3) is 2.39. The van der Waals surface area contributed by atoms with Gasteiger partial charge in [0.15, 0.2) is 0 Å². The predicted octanol–water partition coefficient (Wildman–Crippen LogP) is 5.32. The zero-order chi connectivity index (χ0) is 16.8. The first kappa shape index (κ1) is 14.5. The maximum Gasteiger partial charge on any atom is 0.119 e. The molecule has 124 valence electrons. The van der Waals surface area contributed by atoms with Gasteiger partial charge < -0.3 is 9.30 Å². The number of aryl methyl sites for hydroxylation is 1. The summed E-state index contributed by atoms with van der Waals surface area (Å²) in [6, 6.07) is 17.2. The molecule has 0 N–H and O–H groups in total. The maximum absolute atomic E-state index is 5.96. The highest BCUT2D eigenvalue weighted by molar-refractivity contribution is 6.08. The van der Waals surface area contributed by atoms with Gasteiger partial charge in [-0.15, -0.1) is 0 Å². The molecule has 0 spiro atoms. The Bertz CT molecular complexity index is 1060. The highest BCUT2D eigenvalue weighted by Gasteiger charge is 2.18. The Hall–Kier alpha value is -2.81. The summed E-state index contributed by atoms with van der Waals surface area (Å²) in [7, 11) is 2.12. The van der Waals surface area contributed by atoms with E-state index in [2.05, 4.69) is 65.1 Å². The molecule has 0 bridgehead atoms. The van der Waals surface area contributed by atoms with Gasteiger partial charge in [0.25, 0.3) is 0 Å². The summed E-state index contributed by atoms with van der Waals surface area (Å²) in [4.78, 5) is 4.27. The first-order valence-electron chi connectivity index (χ1n) is 8.89. The molecule has 3 heteroatoms. The molecule has 4 aromatic rings. The zero-order valence-electron chi connectivity index (χ0n) is 14.3. The second kappa shape index (κ2) is 5.62. The molecule has 1 aliphatic rings. The van der Waals surface area contributed by atoms with Gasteiger partial charge in [0, 0.05) is 35.7 Å². The molecule has 5 rings (SSSR count). The third-order valence-electron chi connectivity index (χ3n) is 5.35. The number of rotatable bonds is 3. The van der Waals surface area contributed by atoms with Gasteiger partial charge in [0.05, 0.1) is 11.6 Å². The maximum atomic E-state index is 5.96. The van der Waals surface area contributed by atoms with Crippen LogP contribution in [-0.4, -0.2) is 15.7 Å². The van der Waals surface area contributed by atoms with Crippen LogP contribution in [0.25, 0.3) is 32.9 Å². The van der Waals surface area contributed by atoms with Gasteiger partial charge in [-0.05, 0) is 54.7 Å². The van der Waals surface area contributed by atoms with Gasteiger partial charge in [0.1, 0.15) is 5.75 Å². The Kier molecular flexibility index (Phi) is 3.27. The fourth-order valence-electron chi connectivity index (χ4n) is 3.64. The number of nitrogens with zero attached hydrogens (tertiary/aromatic N) is 2. The molecule has 0 atom stereocenters. The van der Waals surface area contributed by atoms with Crippen molar-refractivity contribution < 1.29 is 4.74 Å². The number of ether oxygens (including phenoxy) is 1. The van der Waals surface area contributed by atoms with Crippen molar-refractivity contribution in [1.82, 2.24) is 9.55 Å². The third-order valence-corrected chi connectivity index (χ3v) is 5.35. The van der Waals surface area contributed by atoms with Crippen LogP contribution in [0.2, 0.25) is 0 Å². The number of hydrogen-bond acceptors (Lipinski definition) is 2. The van der Waals surface area contributed by atoms with Gasteiger partial charge in [0.2, 0.25) is 0 Å². The molecule has 1 aliphatic carbocycles. The summed E-state index contributed by atoms with van der Waals surface area (Å²) in [6.45, 7) is 0. The second-order valence-electron chi connectivity index (χ2n) is 6.88. The molecule has 0 saturated heterocycles. The van der Waals surface area contributed by atoms with Crippen LogP contribution in [0.15, 0.2) is 60.9 Å². The number of aromatic nitrogens is 2. The highest BCUT2D eigenvalue weighted by atomic mass is 16.5. The summed E-state index contributed by atoms with van der Waals surface area (Å²) in [5, 5.41) is 2.45. The number of fused-ring (bicyclic) bond motifs is 3. The van der Waals surface area contributed by atoms with E-state index in [1.807, 2.05) is 12.4 Å². The van der Waals surface area contributed by atoms with Gasteiger partial charge in [-0.2, -0.15) is 0 Å². The molecule has 0 radical (unpaired) electrons. The number of benzene rings is 2. The topological polar surface area (TPSA) is 27.1 Å². The van der Waals surface area contributed by atoms with Crippen molar-refractivity contribution in [3.63, 3.8) is 0 Å². The quantitative estimate of drug-likeness (QED) is 0.508. The van der Waals surface area contributed by atoms with Crippen LogP contribution in [0.1, 0.15) is 19.3 Å². The van der Waals surface area contributed by atoms with E-state index in [1.54, 1.807) is 0 Å². The summed E-state index contributed by atoms with van der Waals surface area (Å²) in [5.74, 6) is 0.977. The van der Waals surface area contributed by atoms with Crippen molar-refractivity contribution in [3.05, 3.63) is 60.9 Å². The molecule has 2 heterocycles. The van der Waals surface area contributed by atoms with Crippen LogP contribution < -0.4 is 4.74 Å². The fourth-order valence-corrected chi connectivity index (χ4v) is 3.64. The minimum atomic E-state index is 0.423. The Labute approximate surface area is 146 Å². The largest absolute Gasteiger partial charge is 0.490 e. The molecule has 1 fully saturated rings. The molecule has 0 aliphatic heterocycles. The van der Waals surface area contributed by atoms with Crippen molar-refractivity contribution in [2.75, 3.05) is 0 Å². The number of pyridine rings is 1. The average molecular weight is 328 g/mol. The monoisotopic (exact) mass is 328 g/mol. The molecular weight excluding hydrogens is 308 g/mol. The molecule has 0 amide bonds. The summed E-state index contributed by atoms with van der Waals surface area (Å²) in [6.07, 6.45) is 7.89. The van der Waals surface area contributed by atoms with Gasteiger partial charge in [-0.3, -0.25) is 4.98 Å². The Morgan fingerprint density at radius 3 is 2.48 bits per heavy atom. The van der Waals surface area contributed by atoms with Crippen molar-refractivity contribution in [2.24, 2.45) is 7.05 Å². The van der Waals surface area contributed by atoms with Crippen molar-refractivity contribution in [1.29, 1.82) is 0 Å². The van der Waals surface area contributed by atoms with E-state index in [4.69, 9.17) is 4.74 Å². The normalized spacial score (nSPS) is 14.8. The van der Waals surface area contributed by atoms with E-state index < -0.39 is 0 Å². The molecule has 3 nitrogen and oxygen atoms in total. The van der Waals surface area contributed by atoms with Gasteiger partial charge in [-0.25, -0.2) is 0 Å². The molecule has 2 aromatic heterocycles. The predicted molar refractivity (Wildman–Crippen MR) is 102 cm³/mol. The van der Waals surface area contributed by atoms with Crippen LogP contribution in [0.4, 0.5) is 0 Å². The lowest BCUT2D eigenvalue weighted by molar-refractivity contribution is 0.120. The smallest absolute Gasteiger partial charge is 0.119 e. The molecule has 2 aromatic carbocycles. The van der Waals surface area contributed by atoms with Crippen molar-refractivity contribution in [3.8, 4) is 16.9 Å². The molecule has 0 unspecified atom stereocenters. The highest BCUT2D eigenvalue weighted by Crippen LogP contribution is 2.32. The SMILES string of the molecule is Cn1c2ccncc2c2ccc(-c3ccc(OC4CCC4)cc3)cc21. The van der Waals surface area contributed by atoms with Gasteiger partial charge in [-0.1, -0.05) is 24.3 Å².